The van der Waals surface area contributed by atoms with Gasteiger partial charge < -0.3 is 4.42 Å². The summed E-state index contributed by atoms with van der Waals surface area (Å²) in [6, 6.07) is 61.6. The Morgan fingerprint density at radius 3 is 1.55 bits per heavy atom. The van der Waals surface area contributed by atoms with Crippen LogP contribution in [0.2, 0.25) is 0 Å². The van der Waals surface area contributed by atoms with Crippen molar-refractivity contribution >= 4 is 54.3 Å². The van der Waals surface area contributed by atoms with Crippen LogP contribution in [0.1, 0.15) is 0 Å². The molecule has 4 heteroatoms. The molecule has 2 heterocycles. The number of rotatable bonds is 5. The highest BCUT2D eigenvalue weighted by atomic mass is 16.3. The summed E-state index contributed by atoms with van der Waals surface area (Å²) in [5, 5.41) is 9.78. The number of furan rings is 1. The number of hydrogen-bond acceptors (Lipinski definition) is 4. The molecule has 0 aliphatic carbocycles. The Morgan fingerprint density at radius 1 is 0.321 bits per heavy atom. The van der Waals surface area contributed by atoms with Crippen molar-refractivity contribution in [2.24, 2.45) is 0 Å². The summed E-state index contributed by atoms with van der Waals surface area (Å²) in [5.74, 6) is 1.78. The molecular weight excluding hydrogens is 647 g/mol. The van der Waals surface area contributed by atoms with Gasteiger partial charge in [-0.2, -0.15) is 0 Å². The van der Waals surface area contributed by atoms with E-state index in [4.69, 9.17) is 19.4 Å². The molecule has 0 amide bonds. The maximum absolute atomic E-state index is 6.69. The molecule has 0 aliphatic heterocycles. The predicted molar refractivity (Wildman–Crippen MR) is 218 cm³/mol. The number of nitrogens with zero attached hydrogens (tertiary/aromatic N) is 3. The Morgan fingerprint density at radius 2 is 0.849 bits per heavy atom. The van der Waals surface area contributed by atoms with E-state index in [-0.39, 0.29) is 0 Å². The lowest BCUT2D eigenvalue weighted by Gasteiger charge is -2.15. The summed E-state index contributed by atoms with van der Waals surface area (Å²) < 4.78 is 6.69. The van der Waals surface area contributed by atoms with Gasteiger partial charge in [0.2, 0.25) is 0 Å². The lowest BCUT2D eigenvalue weighted by Crippen LogP contribution is -2.01. The van der Waals surface area contributed by atoms with Crippen LogP contribution < -0.4 is 0 Å². The average Bonchev–Trinajstić information content (AvgIpc) is 3.62. The Labute approximate surface area is 305 Å². The number of para-hydroxylation sites is 1. The first kappa shape index (κ1) is 29.5. The zero-order chi connectivity index (χ0) is 34.9. The molecule has 246 valence electrons. The monoisotopic (exact) mass is 675 g/mol. The van der Waals surface area contributed by atoms with Crippen molar-refractivity contribution in [3.05, 3.63) is 176 Å². The first-order valence-electron chi connectivity index (χ1n) is 17.9. The van der Waals surface area contributed by atoms with E-state index in [2.05, 4.69) is 97.1 Å². The van der Waals surface area contributed by atoms with Crippen LogP contribution in [0.15, 0.2) is 180 Å². The van der Waals surface area contributed by atoms with Crippen molar-refractivity contribution in [3.63, 3.8) is 0 Å². The molecule has 11 aromatic rings. The average molecular weight is 676 g/mol. The summed E-state index contributed by atoms with van der Waals surface area (Å²) in [7, 11) is 0. The van der Waals surface area contributed by atoms with E-state index in [1.165, 1.54) is 37.9 Å². The van der Waals surface area contributed by atoms with Gasteiger partial charge in [-0.15, -0.1) is 0 Å². The first-order valence-corrected chi connectivity index (χ1v) is 17.9. The van der Waals surface area contributed by atoms with E-state index in [0.717, 1.165) is 55.3 Å². The molecule has 2 aromatic heterocycles. The van der Waals surface area contributed by atoms with Crippen LogP contribution in [0.3, 0.4) is 0 Å². The Hall–Kier alpha value is -7.17. The largest absolute Gasteiger partial charge is 0.455 e. The summed E-state index contributed by atoms with van der Waals surface area (Å²) in [6.07, 6.45) is 0. The minimum atomic E-state index is 0.563. The maximum atomic E-state index is 6.69. The van der Waals surface area contributed by atoms with Gasteiger partial charge >= 0.3 is 0 Å². The molecule has 0 N–H and O–H groups in total. The molecule has 0 saturated carbocycles. The molecule has 0 saturated heterocycles. The third kappa shape index (κ3) is 4.73. The molecule has 0 atom stereocenters. The zero-order valence-corrected chi connectivity index (χ0v) is 28.5. The van der Waals surface area contributed by atoms with Gasteiger partial charge in [-0.3, -0.25) is 0 Å². The molecular formula is C49H29N3O. The van der Waals surface area contributed by atoms with E-state index in [0.29, 0.717) is 17.5 Å². The van der Waals surface area contributed by atoms with Gasteiger partial charge in [0.15, 0.2) is 17.5 Å². The van der Waals surface area contributed by atoms with Gasteiger partial charge in [0.05, 0.1) is 5.56 Å². The minimum absolute atomic E-state index is 0.563. The minimum Gasteiger partial charge on any atom is -0.455 e. The summed E-state index contributed by atoms with van der Waals surface area (Å²) >= 11 is 0. The lowest BCUT2D eigenvalue weighted by atomic mass is 9.89. The number of benzene rings is 9. The first-order chi connectivity index (χ1) is 26.3. The molecule has 0 radical (unpaired) electrons. The predicted octanol–water partition coefficient (Wildman–Crippen LogP) is 13.0. The highest BCUT2D eigenvalue weighted by molar-refractivity contribution is 6.25. The lowest BCUT2D eigenvalue weighted by molar-refractivity contribution is 0.669. The van der Waals surface area contributed by atoms with Gasteiger partial charge in [0.1, 0.15) is 11.2 Å². The topological polar surface area (TPSA) is 51.8 Å². The third-order valence-electron chi connectivity index (χ3n) is 10.5. The second-order valence-electron chi connectivity index (χ2n) is 13.5. The highest BCUT2D eigenvalue weighted by Gasteiger charge is 2.22. The highest BCUT2D eigenvalue weighted by Crippen LogP contribution is 2.43. The second kappa shape index (κ2) is 11.7. The molecule has 0 unspecified atom stereocenters. The van der Waals surface area contributed by atoms with Gasteiger partial charge in [0.25, 0.3) is 0 Å². The van der Waals surface area contributed by atoms with Gasteiger partial charge in [-0.1, -0.05) is 164 Å². The Bertz CT molecular complexity index is 3080. The molecule has 0 aliphatic rings. The molecule has 0 fully saturated rings. The van der Waals surface area contributed by atoms with Crippen LogP contribution in [-0.4, -0.2) is 15.0 Å². The van der Waals surface area contributed by atoms with Crippen LogP contribution in [-0.2, 0) is 0 Å². The van der Waals surface area contributed by atoms with Crippen molar-refractivity contribution in [2.45, 2.75) is 0 Å². The fourth-order valence-corrected chi connectivity index (χ4v) is 7.99. The molecule has 4 nitrogen and oxygen atoms in total. The van der Waals surface area contributed by atoms with Gasteiger partial charge in [-0.25, -0.2) is 15.0 Å². The Balaban J connectivity index is 1.12. The van der Waals surface area contributed by atoms with Crippen molar-refractivity contribution in [1.29, 1.82) is 0 Å². The SMILES string of the molecule is c1ccc(-c2nc(-c3ccccc3)nc(-c3c(-c4ccc(-c5ccc6ccc7cccc8ccc5c6c78)cc4)ccc4c3oc3ccccc34)n2)cc1. The number of fused-ring (bicyclic) bond motifs is 3. The standard InChI is InChI=1S/C49H29N3O/c1-3-10-35(11-4-1)47-50-48(36-12-5-2-6-13-36)52-49(51-47)45-38(28-29-41-39-16-7-8-17-42(39)53-46(41)45)31-20-18-30(19-21-31)37-26-24-34-23-22-32-14-9-15-33-25-27-40(37)44(34)43(32)33/h1-29H. The number of hydrogen-bond donors (Lipinski definition) is 0. The van der Waals surface area contributed by atoms with Crippen LogP contribution in [0.4, 0.5) is 0 Å². The summed E-state index contributed by atoms with van der Waals surface area (Å²) in [6.45, 7) is 0. The van der Waals surface area contributed by atoms with E-state index in [1.807, 2.05) is 78.9 Å². The normalized spacial score (nSPS) is 11.8. The molecule has 11 rings (SSSR count). The van der Waals surface area contributed by atoms with Crippen LogP contribution >= 0.6 is 0 Å². The van der Waals surface area contributed by atoms with E-state index in [1.54, 1.807) is 0 Å². The van der Waals surface area contributed by atoms with Crippen molar-refractivity contribution in [1.82, 2.24) is 15.0 Å². The number of aromatic nitrogens is 3. The molecule has 0 bridgehead atoms. The fourth-order valence-electron chi connectivity index (χ4n) is 7.99. The second-order valence-corrected chi connectivity index (χ2v) is 13.5. The van der Waals surface area contributed by atoms with Gasteiger partial charge in [-0.05, 0) is 66.7 Å². The van der Waals surface area contributed by atoms with Crippen LogP contribution in [0.5, 0.6) is 0 Å². The maximum Gasteiger partial charge on any atom is 0.168 e. The quantitative estimate of drug-likeness (QED) is 0.170. The van der Waals surface area contributed by atoms with Gasteiger partial charge in [0, 0.05) is 21.9 Å². The molecule has 53 heavy (non-hydrogen) atoms. The summed E-state index contributed by atoms with van der Waals surface area (Å²) in [5.41, 5.74) is 8.67. The molecule has 9 aromatic carbocycles. The van der Waals surface area contributed by atoms with Crippen molar-refractivity contribution in [2.75, 3.05) is 0 Å². The molecule has 0 spiro atoms. The Kier molecular flexibility index (Phi) is 6.52. The third-order valence-corrected chi connectivity index (χ3v) is 10.5. The van der Waals surface area contributed by atoms with Crippen molar-refractivity contribution in [3.8, 4) is 56.4 Å². The van der Waals surface area contributed by atoms with Crippen LogP contribution in [0, 0.1) is 0 Å². The fraction of sp³-hybridized carbons (Fsp3) is 0. The smallest absolute Gasteiger partial charge is 0.168 e. The van der Waals surface area contributed by atoms with E-state index >= 15 is 0 Å². The van der Waals surface area contributed by atoms with E-state index < -0.39 is 0 Å². The summed E-state index contributed by atoms with van der Waals surface area (Å²) in [4.78, 5) is 15.3. The van der Waals surface area contributed by atoms with Crippen LogP contribution in [0.25, 0.3) is 111 Å². The van der Waals surface area contributed by atoms with Crippen molar-refractivity contribution < 1.29 is 4.42 Å². The van der Waals surface area contributed by atoms with E-state index in [9.17, 15) is 0 Å². The zero-order valence-electron chi connectivity index (χ0n) is 28.5.